The highest BCUT2D eigenvalue weighted by molar-refractivity contribution is 5.21. The van der Waals surface area contributed by atoms with Crippen LogP contribution in [-0.4, -0.2) is 10.6 Å². The number of hydrogen-bond donors (Lipinski definition) is 1. The van der Waals surface area contributed by atoms with Crippen molar-refractivity contribution < 1.29 is 8.78 Å². The van der Waals surface area contributed by atoms with Gasteiger partial charge in [-0.1, -0.05) is 0 Å². The molecule has 2 aromatic rings. The molecule has 0 aliphatic carbocycles. The molecule has 0 spiro atoms. The predicted molar refractivity (Wildman–Crippen MR) is 67.2 cm³/mol. The van der Waals surface area contributed by atoms with Crippen LogP contribution in [0.4, 0.5) is 8.78 Å². The molecule has 18 heavy (non-hydrogen) atoms. The second-order valence-electron chi connectivity index (χ2n) is 4.54. The summed E-state index contributed by atoms with van der Waals surface area (Å²) in [5.74, 6) is -0.816. The topological polar surface area (TPSA) is 30.9 Å². The monoisotopic (exact) mass is 250 g/mol. The van der Waals surface area contributed by atoms with Gasteiger partial charge in [0, 0.05) is 29.9 Å². The molecule has 1 aromatic heterocycles. The Morgan fingerprint density at radius 1 is 1.28 bits per heavy atom. The molecule has 96 valence electrons. The molecule has 0 aliphatic heterocycles. The van der Waals surface area contributed by atoms with Gasteiger partial charge in [0.05, 0.1) is 6.54 Å². The second kappa shape index (κ2) is 5.31. The van der Waals surface area contributed by atoms with E-state index in [1.165, 1.54) is 6.07 Å². The molecular weight excluding hydrogens is 234 g/mol. The maximum absolute atomic E-state index is 13.6. The predicted octanol–water partition coefficient (Wildman–Crippen LogP) is 2.70. The average Bonchev–Trinajstić information content (AvgIpc) is 2.70. The summed E-state index contributed by atoms with van der Waals surface area (Å²) in [7, 11) is 0. The normalized spacial score (nSPS) is 12.7. The molecule has 0 fully saturated rings. The highest BCUT2D eigenvalue weighted by atomic mass is 19.1. The molecule has 1 heterocycles. The summed E-state index contributed by atoms with van der Waals surface area (Å²) in [6.45, 7) is 2.23. The summed E-state index contributed by atoms with van der Waals surface area (Å²) in [4.78, 5) is 0. The van der Waals surface area contributed by atoms with Gasteiger partial charge in [0.15, 0.2) is 0 Å². The van der Waals surface area contributed by atoms with E-state index >= 15 is 0 Å². The van der Waals surface area contributed by atoms with Crippen molar-refractivity contribution >= 4 is 0 Å². The van der Waals surface area contributed by atoms with Crippen molar-refractivity contribution in [3.63, 3.8) is 0 Å². The first-order chi connectivity index (χ1) is 8.56. The largest absolute Gasteiger partial charge is 0.347 e. The van der Waals surface area contributed by atoms with Gasteiger partial charge < -0.3 is 10.3 Å². The Morgan fingerprint density at radius 3 is 2.78 bits per heavy atom. The van der Waals surface area contributed by atoms with Crippen molar-refractivity contribution in [3.8, 4) is 0 Å². The van der Waals surface area contributed by atoms with Crippen molar-refractivity contribution in [1.82, 2.24) is 4.57 Å². The maximum Gasteiger partial charge on any atom is 0.128 e. The molecule has 1 unspecified atom stereocenters. The number of aromatic nitrogens is 1. The van der Waals surface area contributed by atoms with Gasteiger partial charge in [-0.05, 0) is 37.3 Å². The molecule has 1 aromatic carbocycles. The van der Waals surface area contributed by atoms with Gasteiger partial charge in [-0.15, -0.1) is 0 Å². The van der Waals surface area contributed by atoms with E-state index in [1.807, 2.05) is 29.8 Å². The van der Waals surface area contributed by atoms with Crippen LogP contribution in [0.3, 0.4) is 0 Å². The minimum absolute atomic E-state index is 0.0380. The zero-order valence-corrected chi connectivity index (χ0v) is 10.2. The van der Waals surface area contributed by atoms with Crippen LogP contribution in [-0.2, 0) is 13.0 Å². The number of nitrogens with zero attached hydrogens (tertiary/aromatic N) is 1. The summed E-state index contributed by atoms with van der Waals surface area (Å²) >= 11 is 0. The van der Waals surface area contributed by atoms with Gasteiger partial charge in [0.1, 0.15) is 11.6 Å². The first kappa shape index (κ1) is 12.8. The van der Waals surface area contributed by atoms with E-state index in [4.69, 9.17) is 5.73 Å². The van der Waals surface area contributed by atoms with Crippen molar-refractivity contribution in [3.05, 3.63) is 59.4 Å². The molecule has 0 radical (unpaired) electrons. The van der Waals surface area contributed by atoms with E-state index in [2.05, 4.69) is 0 Å². The molecule has 0 saturated heterocycles. The maximum atomic E-state index is 13.6. The zero-order valence-electron chi connectivity index (χ0n) is 10.2. The van der Waals surface area contributed by atoms with Crippen LogP contribution in [0.15, 0.2) is 36.5 Å². The van der Waals surface area contributed by atoms with Crippen molar-refractivity contribution in [2.24, 2.45) is 5.73 Å². The Labute approximate surface area is 105 Å². The molecule has 0 aliphatic rings. The van der Waals surface area contributed by atoms with Crippen molar-refractivity contribution in [2.75, 3.05) is 0 Å². The highest BCUT2D eigenvalue weighted by Crippen LogP contribution is 2.14. The fourth-order valence-electron chi connectivity index (χ4n) is 1.97. The minimum atomic E-state index is -0.424. The van der Waals surface area contributed by atoms with E-state index in [-0.39, 0.29) is 6.04 Å². The van der Waals surface area contributed by atoms with Gasteiger partial charge in [-0.25, -0.2) is 8.78 Å². The molecule has 0 amide bonds. The number of hydrogen-bond acceptors (Lipinski definition) is 1. The summed E-state index contributed by atoms with van der Waals surface area (Å²) < 4.78 is 28.5. The molecule has 0 bridgehead atoms. The lowest BCUT2D eigenvalue weighted by Crippen LogP contribution is -2.20. The lowest BCUT2D eigenvalue weighted by Gasteiger charge is -2.12. The van der Waals surface area contributed by atoms with Gasteiger partial charge in [0.25, 0.3) is 0 Å². The van der Waals surface area contributed by atoms with Crippen LogP contribution in [0, 0.1) is 11.6 Å². The number of benzene rings is 1. The molecule has 2 rings (SSSR count). The third kappa shape index (κ3) is 2.96. The first-order valence-electron chi connectivity index (χ1n) is 5.90. The van der Waals surface area contributed by atoms with Crippen molar-refractivity contribution in [1.29, 1.82) is 0 Å². The quantitative estimate of drug-likeness (QED) is 0.888. The standard InChI is InChI=1S/C14H16F2N2/c1-10(17)7-13-3-2-6-18(13)9-11-8-12(15)4-5-14(11)16/h2-6,8,10H,7,9,17H2,1H3. The van der Waals surface area contributed by atoms with Crippen LogP contribution in [0.25, 0.3) is 0 Å². The molecule has 0 saturated carbocycles. The zero-order chi connectivity index (χ0) is 13.1. The fraction of sp³-hybridized carbons (Fsp3) is 0.286. The Hall–Kier alpha value is -1.68. The highest BCUT2D eigenvalue weighted by Gasteiger charge is 2.08. The van der Waals surface area contributed by atoms with E-state index in [0.29, 0.717) is 18.5 Å². The van der Waals surface area contributed by atoms with Gasteiger partial charge in [0.2, 0.25) is 0 Å². The summed E-state index contributed by atoms with van der Waals surface area (Å²) in [6.07, 6.45) is 2.56. The smallest absolute Gasteiger partial charge is 0.128 e. The van der Waals surface area contributed by atoms with E-state index in [1.54, 1.807) is 0 Å². The Balaban J connectivity index is 2.23. The first-order valence-corrected chi connectivity index (χ1v) is 5.90. The van der Waals surface area contributed by atoms with Crippen LogP contribution in [0.1, 0.15) is 18.2 Å². The number of nitrogens with two attached hydrogens (primary N) is 1. The molecule has 4 heteroatoms. The summed E-state index contributed by atoms with van der Waals surface area (Å²) in [6, 6.07) is 7.37. The number of halogens is 2. The molecule has 2 nitrogen and oxygen atoms in total. The summed E-state index contributed by atoms with van der Waals surface area (Å²) in [5.41, 5.74) is 7.12. The Kier molecular flexibility index (Phi) is 3.77. The Morgan fingerprint density at radius 2 is 2.06 bits per heavy atom. The fourth-order valence-corrected chi connectivity index (χ4v) is 1.97. The van der Waals surface area contributed by atoms with Gasteiger partial charge in [-0.3, -0.25) is 0 Å². The van der Waals surface area contributed by atoms with E-state index < -0.39 is 11.6 Å². The van der Waals surface area contributed by atoms with Crippen LogP contribution in [0.2, 0.25) is 0 Å². The molecule has 2 N–H and O–H groups in total. The Bertz CT molecular complexity index is 532. The average molecular weight is 250 g/mol. The van der Waals surface area contributed by atoms with Crippen LogP contribution < -0.4 is 5.73 Å². The third-order valence-corrected chi connectivity index (χ3v) is 2.80. The SMILES string of the molecule is CC(N)Cc1cccn1Cc1cc(F)ccc1F. The van der Waals surface area contributed by atoms with Crippen LogP contribution >= 0.6 is 0 Å². The second-order valence-corrected chi connectivity index (χ2v) is 4.54. The third-order valence-electron chi connectivity index (χ3n) is 2.80. The van der Waals surface area contributed by atoms with Gasteiger partial charge >= 0.3 is 0 Å². The minimum Gasteiger partial charge on any atom is -0.347 e. The van der Waals surface area contributed by atoms with Crippen molar-refractivity contribution in [2.45, 2.75) is 25.9 Å². The van der Waals surface area contributed by atoms with Crippen LogP contribution in [0.5, 0.6) is 0 Å². The molecular formula is C14H16F2N2. The number of rotatable bonds is 4. The van der Waals surface area contributed by atoms with E-state index in [0.717, 1.165) is 17.8 Å². The van der Waals surface area contributed by atoms with Gasteiger partial charge in [-0.2, -0.15) is 0 Å². The summed E-state index contributed by atoms with van der Waals surface area (Å²) in [5, 5.41) is 0. The van der Waals surface area contributed by atoms with E-state index in [9.17, 15) is 8.78 Å². The lowest BCUT2D eigenvalue weighted by atomic mass is 10.1. The lowest BCUT2D eigenvalue weighted by molar-refractivity contribution is 0.571. The molecule has 1 atom stereocenters.